The first-order valence-corrected chi connectivity index (χ1v) is 11.1. The van der Waals surface area contributed by atoms with E-state index in [0.717, 1.165) is 6.42 Å². The molecule has 0 radical (unpaired) electrons. The van der Waals surface area contributed by atoms with E-state index in [2.05, 4.69) is 11.4 Å². The molecule has 0 unspecified atom stereocenters. The Kier molecular flexibility index (Phi) is 5.43. The molecule has 3 amide bonds. The monoisotopic (exact) mass is 460 g/mol. The van der Waals surface area contributed by atoms with Gasteiger partial charge in [0.05, 0.1) is 30.2 Å². The molecule has 4 atom stereocenters. The van der Waals surface area contributed by atoms with Gasteiger partial charge < -0.3 is 14.8 Å². The summed E-state index contributed by atoms with van der Waals surface area (Å²) < 4.78 is 10.2. The SMILES string of the molecule is COc1ccc(NC(=O)COC(=O)c2cccc(N3C(=O)[C@@H]4[C@H](C3=O)[C@@H]3C[C@@H]4C=C3C)c2)cc1. The second kappa shape index (κ2) is 8.44. The molecule has 2 bridgehead atoms. The van der Waals surface area contributed by atoms with Crippen molar-refractivity contribution >= 4 is 35.1 Å². The van der Waals surface area contributed by atoms with Crippen molar-refractivity contribution in [2.45, 2.75) is 13.3 Å². The van der Waals surface area contributed by atoms with Crippen LogP contribution in [0.25, 0.3) is 0 Å². The number of rotatable bonds is 6. The van der Waals surface area contributed by atoms with Crippen LogP contribution in [0.2, 0.25) is 0 Å². The quantitative estimate of drug-likeness (QED) is 0.404. The average molecular weight is 460 g/mol. The van der Waals surface area contributed by atoms with E-state index < -0.39 is 18.5 Å². The molecule has 2 aromatic rings. The zero-order valence-corrected chi connectivity index (χ0v) is 18.8. The number of methoxy groups -OCH3 is 1. The van der Waals surface area contributed by atoms with Crippen LogP contribution in [0.5, 0.6) is 5.75 Å². The molecule has 8 heteroatoms. The van der Waals surface area contributed by atoms with Gasteiger partial charge in [0.2, 0.25) is 11.8 Å². The summed E-state index contributed by atoms with van der Waals surface area (Å²) in [5, 5.41) is 2.63. The summed E-state index contributed by atoms with van der Waals surface area (Å²) >= 11 is 0. The Morgan fingerprint density at radius 2 is 1.79 bits per heavy atom. The first kappa shape index (κ1) is 21.9. The van der Waals surface area contributed by atoms with E-state index in [-0.39, 0.29) is 41.0 Å². The van der Waals surface area contributed by atoms with Crippen molar-refractivity contribution in [2.75, 3.05) is 23.9 Å². The number of hydrogen-bond acceptors (Lipinski definition) is 6. The number of anilines is 2. The van der Waals surface area contributed by atoms with Crippen LogP contribution in [-0.4, -0.2) is 37.4 Å². The van der Waals surface area contributed by atoms with Crippen LogP contribution in [-0.2, 0) is 19.1 Å². The van der Waals surface area contributed by atoms with Gasteiger partial charge in [-0.25, -0.2) is 9.69 Å². The van der Waals surface area contributed by atoms with Crippen molar-refractivity contribution < 1.29 is 28.7 Å². The molecular weight excluding hydrogens is 436 g/mol. The zero-order valence-electron chi connectivity index (χ0n) is 18.8. The van der Waals surface area contributed by atoms with Gasteiger partial charge in [-0.2, -0.15) is 0 Å². The maximum absolute atomic E-state index is 13.1. The minimum absolute atomic E-state index is 0.105. The standard InChI is InChI=1S/C26H24N2O6/c1-14-10-16-12-20(14)23-22(16)24(30)28(25(23)31)18-5-3-4-15(11-18)26(32)34-13-21(29)27-17-6-8-19(33-2)9-7-17/h3-11,16,20,22-23H,12-13H2,1-2H3,(H,27,29)/t16-,20+,22-,23+/m0/s1. The molecule has 5 rings (SSSR count). The third-order valence-corrected chi connectivity index (χ3v) is 6.93. The normalized spacial score (nSPS) is 24.6. The molecule has 174 valence electrons. The highest BCUT2D eigenvalue weighted by Gasteiger charge is 2.60. The van der Waals surface area contributed by atoms with E-state index in [1.54, 1.807) is 43.5 Å². The van der Waals surface area contributed by atoms with Crippen molar-refractivity contribution in [3.05, 3.63) is 65.7 Å². The van der Waals surface area contributed by atoms with E-state index in [1.165, 1.54) is 22.6 Å². The summed E-state index contributed by atoms with van der Waals surface area (Å²) in [6.07, 6.45) is 2.97. The molecule has 34 heavy (non-hydrogen) atoms. The number of esters is 1. The summed E-state index contributed by atoms with van der Waals surface area (Å²) in [6, 6.07) is 12.9. The fraction of sp³-hybridized carbons (Fsp3) is 0.308. The van der Waals surface area contributed by atoms with Crippen LogP contribution < -0.4 is 15.0 Å². The molecule has 8 nitrogen and oxygen atoms in total. The Bertz CT molecular complexity index is 1220. The summed E-state index contributed by atoms with van der Waals surface area (Å²) in [6.45, 7) is 1.54. The lowest BCUT2D eigenvalue weighted by Crippen LogP contribution is -2.33. The number of allylic oxidation sites excluding steroid dienone is 2. The molecule has 0 spiro atoms. The Hall–Kier alpha value is -3.94. The number of nitrogens with zero attached hydrogens (tertiary/aromatic N) is 1. The smallest absolute Gasteiger partial charge is 0.338 e. The minimum Gasteiger partial charge on any atom is -0.497 e. The fourth-order valence-electron chi connectivity index (χ4n) is 5.39. The van der Waals surface area contributed by atoms with Gasteiger partial charge in [-0.05, 0) is 67.6 Å². The van der Waals surface area contributed by atoms with Gasteiger partial charge in [-0.15, -0.1) is 0 Å². The topological polar surface area (TPSA) is 102 Å². The predicted molar refractivity (Wildman–Crippen MR) is 123 cm³/mol. The van der Waals surface area contributed by atoms with Gasteiger partial charge in [-0.1, -0.05) is 17.7 Å². The Morgan fingerprint density at radius 1 is 1.06 bits per heavy atom. The Balaban J connectivity index is 1.23. The van der Waals surface area contributed by atoms with Crippen LogP contribution in [0.15, 0.2) is 60.2 Å². The van der Waals surface area contributed by atoms with Gasteiger partial charge in [0.1, 0.15) is 5.75 Å². The highest BCUT2D eigenvalue weighted by Crippen LogP contribution is 2.55. The number of fused-ring (bicyclic) bond motifs is 5. The molecule has 2 aromatic carbocycles. The van der Waals surface area contributed by atoms with Gasteiger partial charge in [0, 0.05) is 5.69 Å². The second-order valence-corrected chi connectivity index (χ2v) is 8.88. The molecule has 2 fully saturated rings. The van der Waals surface area contributed by atoms with Crippen molar-refractivity contribution in [1.82, 2.24) is 0 Å². The molecule has 0 aromatic heterocycles. The lowest BCUT2D eigenvalue weighted by molar-refractivity contribution is -0.123. The maximum Gasteiger partial charge on any atom is 0.338 e. The largest absolute Gasteiger partial charge is 0.497 e. The van der Waals surface area contributed by atoms with Crippen LogP contribution in [0.4, 0.5) is 11.4 Å². The first-order chi connectivity index (χ1) is 16.4. The molecule has 1 aliphatic heterocycles. The first-order valence-electron chi connectivity index (χ1n) is 11.1. The third kappa shape index (κ3) is 3.65. The molecular formula is C26H24N2O6. The van der Waals surface area contributed by atoms with Crippen LogP contribution in [0.1, 0.15) is 23.7 Å². The molecule has 1 heterocycles. The lowest BCUT2D eigenvalue weighted by atomic mass is 9.82. The van der Waals surface area contributed by atoms with Gasteiger partial charge in [0.25, 0.3) is 5.91 Å². The number of nitrogens with one attached hydrogen (secondary N) is 1. The molecule has 1 saturated carbocycles. The Morgan fingerprint density at radius 3 is 2.53 bits per heavy atom. The van der Waals surface area contributed by atoms with E-state index in [9.17, 15) is 19.2 Å². The van der Waals surface area contributed by atoms with E-state index >= 15 is 0 Å². The number of imide groups is 1. The number of carbonyl (C=O) groups is 4. The van der Waals surface area contributed by atoms with Gasteiger partial charge >= 0.3 is 5.97 Å². The second-order valence-electron chi connectivity index (χ2n) is 8.88. The highest BCUT2D eigenvalue weighted by atomic mass is 16.5. The number of hydrogen-bond donors (Lipinski definition) is 1. The van der Waals surface area contributed by atoms with Crippen molar-refractivity contribution in [3.8, 4) is 5.75 Å². The maximum atomic E-state index is 13.1. The molecule has 3 aliphatic rings. The summed E-state index contributed by atoms with van der Waals surface area (Å²) in [7, 11) is 1.55. The molecule has 1 N–H and O–H groups in total. The molecule has 1 saturated heterocycles. The average Bonchev–Trinajstić information content (AvgIpc) is 3.48. The van der Waals surface area contributed by atoms with Crippen LogP contribution in [0.3, 0.4) is 0 Å². The number of carbonyl (C=O) groups excluding carboxylic acids is 4. The number of benzene rings is 2. The van der Waals surface area contributed by atoms with Crippen LogP contribution >= 0.6 is 0 Å². The minimum atomic E-state index is -0.719. The number of ether oxygens (including phenoxy) is 2. The lowest BCUT2D eigenvalue weighted by Gasteiger charge is -2.19. The Labute approximate surface area is 196 Å². The third-order valence-electron chi connectivity index (χ3n) is 6.93. The van der Waals surface area contributed by atoms with Crippen molar-refractivity contribution in [1.29, 1.82) is 0 Å². The van der Waals surface area contributed by atoms with E-state index in [0.29, 0.717) is 17.1 Å². The summed E-state index contributed by atoms with van der Waals surface area (Å²) in [5.41, 5.74) is 2.22. The predicted octanol–water partition coefficient (Wildman–Crippen LogP) is 3.19. The summed E-state index contributed by atoms with van der Waals surface area (Å²) in [4.78, 5) is 52.2. The van der Waals surface area contributed by atoms with E-state index in [4.69, 9.17) is 9.47 Å². The zero-order chi connectivity index (χ0) is 24.0. The molecule has 2 aliphatic carbocycles. The van der Waals surface area contributed by atoms with Gasteiger partial charge in [0.15, 0.2) is 6.61 Å². The fourth-order valence-corrected chi connectivity index (χ4v) is 5.39. The summed E-state index contributed by atoms with van der Waals surface area (Å²) in [5.74, 6) is -1.40. The number of amides is 3. The van der Waals surface area contributed by atoms with Gasteiger partial charge in [-0.3, -0.25) is 14.4 Å². The van der Waals surface area contributed by atoms with Crippen molar-refractivity contribution in [3.63, 3.8) is 0 Å². The van der Waals surface area contributed by atoms with Crippen molar-refractivity contribution in [2.24, 2.45) is 23.7 Å². The van der Waals surface area contributed by atoms with Crippen LogP contribution in [0, 0.1) is 23.7 Å². The van der Waals surface area contributed by atoms with E-state index in [1.807, 2.05) is 6.92 Å². The highest BCUT2D eigenvalue weighted by molar-refractivity contribution is 6.23.